The molecule has 28 heavy (non-hydrogen) atoms. The molecule has 3 fully saturated rings. The number of para-hydroxylation sites is 2. The molecule has 1 atom stereocenters. The molecule has 4 rings (SSSR count). The summed E-state index contributed by atoms with van der Waals surface area (Å²) < 4.78 is 0. The molecule has 1 aromatic carbocycles. The molecule has 2 aliphatic heterocycles. The first-order valence-electron chi connectivity index (χ1n) is 10.9. The van der Waals surface area contributed by atoms with Crippen LogP contribution in [0.3, 0.4) is 0 Å². The van der Waals surface area contributed by atoms with E-state index in [-0.39, 0.29) is 16.5 Å². The number of hydrogen-bond acceptors (Lipinski definition) is 4. The minimum atomic E-state index is -0.314. The average molecular weight is 386 g/mol. The van der Waals surface area contributed by atoms with E-state index in [1.807, 2.05) is 12.1 Å². The second kappa shape index (κ2) is 8.50. The SMILES string of the molecule is O=C(C1CCN(c2ccccc2[N+](=O)[O-])CC1)N1CCCC1C1CCCCC1. The average Bonchev–Trinajstić information content (AvgIpc) is 3.24. The van der Waals surface area contributed by atoms with Crippen molar-refractivity contribution in [3.8, 4) is 0 Å². The molecule has 0 N–H and O–H groups in total. The molecular weight excluding hydrogens is 354 g/mol. The van der Waals surface area contributed by atoms with Gasteiger partial charge in [0.1, 0.15) is 5.69 Å². The number of carbonyl (C=O) groups is 1. The van der Waals surface area contributed by atoms with E-state index in [0.717, 1.165) is 25.8 Å². The second-order valence-corrected chi connectivity index (χ2v) is 8.65. The highest BCUT2D eigenvalue weighted by Crippen LogP contribution is 2.37. The third kappa shape index (κ3) is 3.87. The number of anilines is 1. The highest BCUT2D eigenvalue weighted by molar-refractivity contribution is 5.80. The summed E-state index contributed by atoms with van der Waals surface area (Å²) in [4.78, 5) is 28.6. The Morgan fingerprint density at radius 1 is 0.929 bits per heavy atom. The predicted octanol–water partition coefficient (Wildman–Crippen LogP) is 4.38. The minimum Gasteiger partial charge on any atom is -0.366 e. The van der Waals surface area contributed by atoms with Crippen LogP contribution in [0.25, 0.3) is 0 Å². The van der Waals surface area contributed by atoms with Gasteiger partial charge in [-0.25, -0.2) is 0 Å². The van der Waals surface area contributed by atoms with Gasteiger partial charge in [-0.2, -0.15) is 0 Å². The van der Waals surface area contributed by atoms with Crippen molar-refractivity contribution in [2.45, 2.75) is 63.8 Å². The Morgan fingerprint density at radius 2 is 1.64 bits per heavy atom. The van der Waals surface area contributed by atoms with Gasteiger partial charge in [-0.1, -0.05) is 31.4 Å². The van der Waals surface area contributed by atoms with Gasteiger partial charge >= 0.3 is 0 Å². The molecule has 6 nitrogen and oxygen atoms in total. The number of nitro groups is 1. The maximum absolute atomic E-state index is 13.3. The summed E-state index contributed by atoms with van der Waals surface area (Å²) >= 11 is 0. The number of nitro benzene ring substituents is 1. The fraction of sp³-hybridized carbons (Fsp3) is 0.682. The van der Waals surface area contributed by atoms with Crippen LogP contribution in [0.1, 0.15) is 57.8 Å². The smallest absolute Gasteiger partial charge is 0.292 e. The molecule has 3 aliphatic rings. The first kappa shape index (κ1) is 19.2. The van der Waals surface area contributed by atoms with E-state index in [1.165, 1.54) is 38.5 Å². The zero-order valence-electron chi connectivity index (χ0n) is 16.6. The number of benzene rings is 1. The van der Waals surface area contributed by atoms with Crippen LogP contribution in [0.4, 0.5) is 11.4 Å². The fourth-order valence-electron chi connectivity index (χ4n) is 5.56. The highest BCUT2D eigenvalue weighted by atomic mass is 16.6. The van der Waals surface area contributed by atoms with Crippen LogP contribution in [0.15, 0.2) is 24.3 Å². The molecule has 1 unspecified atom stereocenters. The monoisotopic (exact) mass is 385 g/mol. The van der Waals surface area contributed by atoms with Gasteiger partial charge in [-0.15, -0.1) is 0 Å². The van der Waals surface area contributed by atoms with Crippen molar-refractivity contribution < 1.29 is 9.72 Å². The van der Waals surface area contributed by atoms with E-state index in [4.69, 9.17) is 0 Å². The minimum absolute atomic E-state index is 0.0724. The molecule has 6 heteroatoms. The number of rotatable bonds is 4. The molecule has 0 spiro atoms. The standard InChI is InChI=1S/C22H31N3O3/c26-22(24-14-6-11-19(24)17-7-2-1-3-8-17)18-12-15-23(16-13-18)20-9-4-5-10-21(20)25(27)28/h4-5,9-10,17-19H,1-3,6-8,11-16H2. The molecule has 2 heterocycles. The van der Waals surface area contributed by atoms with E-state index in [0.29, 0.717) is 36.6 Å². The Bertz CT molecular complexity index is 709. The molecule has 152 valence electrons. The van der Waals surface area contributed by atoms with Gasteiger partial charge in [0, 0.05) is 37.7 Å². The molecular formula is C22H31N3O3. The number of hydrogen-bond donors (Lipinski definition) is 0. The van der Waals surface area contributed by atoms with Crippen LogP contribution < -0.4 is 4.90 Å². The number of carbonyl (C=O) groups excluding carboxylic acids is 1. The van der Waals surface area contributed by atoms with Crippen molar-refractivity contribution in [3.05, 3.63) is 34.4 Å². The Kier molecular flexibility index (Phi) is 5.83. The van der Waals surface area contributed by atoms with Crippen LogP contribution in [0, 0.1) is 22.0 Å². The molecule has 0 bridgehead atoms. The van der Waals surface area contributed by atoms with E-state index < -0.39 is 0 Å². The van der Waals surface area contributed by atoms with Crippen molar-refractivity contribution in [1.82, 2.24) is 4.90 Å². The molecule has 1 amide bonds. The van der Waals surface area contributed by atoms with Gasteiger partial charge in [0.2, 0.25) is 5.91 Å². The summed E-state index contributed by atoms with van der Waals surface area (Å²) in [5.74, 6) is 1.12. The zero-order chi connectivity index (χ0) is 19.5. The molecule has 1 aromatic rings. The van der Waals surface area contributed by atoms with Crippen molar-refractivity contribution in [1.29, 1.82) is 0 Å². The highest BCUT2D eigenvalue weighted by Gasteiger charge is 2.38. The summed E-state index contributed by atoms with van der Waals surface area (Å²) in [6.07, 6.45) is 10.4. The number of likely N-dealkylation sites (tertiary alicyclic amines) is 1. The lowest BCUT2D eigenvalue weighted by molar-refractivity contribution is -0.384. The van der Waals surface area contributed by atoms with Gasteiger partial charge in [0.25, 0.3) is 5.69 Å². The largest absolute Gasteiger partial charge is 0.366 e. The number of nitrogens with zero attached hydrogens (tertiary/aromatic N) is 3. The van der Waals surface area contributed by atoms with Gasteiger partial charge in [-0.3, -0.25) is 14.9 Å². The lowest BCUT2D eigenvalue weighted by Gasteiger charge is -2.38. The summed E-state index contributed by atoms with van der Waals surface area (Å²) in [6.45, 7) is 2.34. The van der Waals surface area contributed by atoms with E-state index in [1.54, 1.807) is 12.1 Å². The quantitative estimate of drug-likeness (QED) is 0.570. The van der Waals surface area contributed by atoms with Gasteiger partial charge in [-0.05, 0) is 50.5 Å². The van der Waals surface area contributed by atoms with E-state index >= 15 is 0 Å². The Labute approximate surface area is 167 Å². The van der Waals surface area contributed by atoms with Crippen LogP contribution >= 0.6 is 0 Å². The molecule has 0 aromatic heterocycles. The summed E-state index contributed by atoms with van der Waals surface area (Å²) in [5.41, 5.74) is 0.837. The Morgan fingerprint density at radius 3 is 2.36 bits per heavy atom. The predicted molar refractivity (Wildman–Crippen MR) is 109 cm³/mol. The van der Waals surface area contributed by atoms with Crippen LogP contribution in [0.5, 0.6) is 0 Å². The number of amides is 1. The Hall–Kier alpha value is -2.11. The van der Waals surface area contributed by atoms with E-state index in [2.05, 4.69) is 9.80 Å². The normalized spacial score (nSPS) is 24.5. The van der Waals surface area contributed by atoms with Crippen molar-refractivity contribution in [2.24, 2.45) is 11.8 Å². The van der Waals surface area contributed by atoms with Gasteiger partial charge in [0.15, 0.2) is 0 Å². The second-order valence-electron chi connectivity index (χ2n) is 8.65. The summed E-state index contributed by atoms with van der Waals surface area (Å²) in [6, 6.07) is 7.39. The molecule has 1 saturated carbocycles. The maximum atomic E-state index is 13.3. The van der Waals surface area contributed by atoms with Crippen LogP contribution in [0.2, 0.25) is 0 Å². The molecule has 0 radical (unpaired) electrons. The lowest BCUT2D eigenvalue weighted by atomic mass is 9.82. The third-order valence-corrected chi connectivity index (χ3v) is 7.04. The zero-order valence-corrected chi connectivity index (χ0v) is 16.6. The van der Waals surface area contributed by atoms with Crippen LogP contribution in [-0.4, -0.2) is 41.4 Å². The van der Waals surface area contributed by atoms with Crippen molar-refractivity contribution in [3.63, 3.8) is 0 Å². The molecule has 1 aliphatic carbocycles. The first-order chi connectivity index (χ1) is 13.6. The fourth-order valence-corrected chi connectivity index (χ4v) is 5.56. The summed E-state index contributed by atoms with van der Waals surface area (Å²) in [5, 5.41) is 11.3. The number of piperidine rings is 1. The van der Waals surface area contributed by atoms with Crippen molar-refractivity contribution in [2.75, 3.05) is 24.5 Å². The molecule has 2 saturated heterocycles. The van der Waals surface area contributed by atoms with Crippen LogP contribution in [-0.2, 0) is 4.79 Å². The first-order valence-corrected chi connectivity index (χ1v) is 10.9. The van der Waals surface area contributed by atoms with Crippen molar-refractivity contribution >= 4 is 17.3 Å². The van der Waals surface area contributed by atoms with Gasteiger partial charge < -0.3 is 9.80 Å². The Balaban J connectivity index is 1.38. The maximum Gasteiger partial charge on any atom is 0.292 e. The summed E-state index contributed by atoms with van der Waals surface area (Å²) in [7, 11) is 0. The lowest BCUT2D eigenvalue weighted by Crippen LogP contribution is -2.46. The van der Waals surface area contributed by atoms with E-state index in [9.17, 15) is 14.9 Å². The topological polar surface area (TPSA) is 66.7 Å². The third-order valence-electron chi connectivity index (χ3n) is 7.04. The van der Waals surface area contributed by atoms with Gasteiger partial charge in [0.05, 0.1) is 4.92 Å².